The third-order valence-corrected chi connectivity index (χ3v) is 16.0. The molecule has 2 aromatic carbocycles. The van der Waals surface area contributed by atoms with Crippen LogP contribution in [0, 0.1) is 11.8 Å². The van der Waals surface area contributed by atoms with E-state index < -0.39 is 44.1 Å². The highest BCUT2D eigenvalue weighted by atomic mass is 35.5. The number of hydrogen-bond acceptors (Lipinski definition) is 7. The number of likely N-dealkylation sites (tertiary alicyclic amines) is 1. The molecule has 0 bridgehead atoms. The third kappa shape index (κ3) is 15.4. The molecule has 0 aliphatic carbocycles. The summed E-state index contributed by atoms with van der Waals surface area (Å²) in [7, 11) is -0.787. The zero-order valence-electron chi connectivity index (χ0n) is 36.0. The lowest BCUT2D eigenvalue weighted by molar-refractivity contribution is -0.140. The number of carbonyl (C=O) groups excluding carboxylic acids is 3. The van der Waals surface area contributed by atoms with Crippen molar-refractivity contribution in [3.63, 3.8) is 0 Å². The van der Waals surface area contributed by atoms with Crippen molar-refractivity contribution in [3.8, 4) is 0 Å². The van der Waals surface area contributed by atoms with Crippen molar-refractivity contribution in [1.82, 2.24) is 20.9 Å². The van der Waals surface area contributed by atoms with Crippen molar-refractivity contribution in [2.75, 3.05) is 33.4 Å². The summed E-state index contributed by atoms with van der Waals surface area (Å²) in [6.45, 7) is 23.2. The summed E-state index contributed by atoms with van der Waals surface area (Å²) in [6.07, 6.45) is 2.42. The van der Waals surface area contributed by atoms with Crippen LogP contribution in [0.1, 0.15) is 92.2 Å². The molecular weight excluding hydrogens is 744 g/mol. The maximum atomic E-state index is 14.8. The zero-order chi connectivity index (χ0) is 41.7. The number of piperidine rings is 1. The van der Waals surface area contributed by atoms with E-state index in [1.54, 1.807) is 7.11 Å². The average molecular weight is 816 g/mol. The SMILES string of the molecule is CCC(C)C(NC(=O)C(Cc1cccc(Cl)c1)CC(O[Si](C)(C)C(C)(C)C)C(Cc1ccccc1)NC(=O)OC(C)(C)C)C(=O)N1CCC(NCCOC)CC1. The smallest absolute Gasteiger partial charge is 0.407 e. The Kier molecular flexibility index (Phi) is 18.4. The van der Waals surface area contributed by atoms with Crippen molar-refractivity contribution in [2.24, 2.45) is 11.8 Å². The quantitative estimate of drug-likeness (QED) is 0.0968. The first kappa shape index (κ1) is 47.4. The second-order valence-corrected chi connectivity index (χ2v) is 23.2. The van der Waals surface area contributed by atoms with Gasteiger partial charge in [0.05, 0.1) is 18.8 Å². The molecule has 1 aliphatic rings. The van der Waals surface area contributed by atoms with E-state index in [0.717, 1.165) is 36.9 Å². The molecule has 0 spiro atoms. The third-order valence-electron chi connectivity index (χ3n) is 11.3. The summed E-state index contributed by atoms with van der Waals surface area (Å²) < 4.78 is 18.2. The molecule has 5 atom stereocenters. The maximum Gasteiger partial charge on any atom is 0.407 e. The van der Waals surface area contributed by atoms with Crippen molar-refractivity contribution in [1.29, 1.82) is 0 Å². The van der Waals surface area contributed by atoms with E-state index in [9.17, 15) is 14.4 Å². The number of hydrogen-bond donors (Lipinski definition) is 3. The molecule has 3 amide bonds. The first-order chi connectivity index (χ1) is 26.2. The predicted octanol–water partition coefficient (Wildman–Crippen LogP) is 8.17. The lowest BCUT2D eigenvalue weighted by Crippen LogP contribution is -2.57. The molecule has 12 heteroatoms. The molecule has 3 rings (SSSR count). The number of nitrogens with one attached hydrogen (secondary N) is 3. The largest absolute Gasteiger partial charge is 0.444 e. The second-order valence-electron chi connectivity index (χ2n) is 18.0. The number of carbonyl (C=O) groups is 3. The Hall–Kier alpha value is -2.96. The number of halogens is 1. The van der Waals surface area contributed by atoms with E-state index in [1.807, 2.05) is 94.1 Å². The number of nitrogens with zero attached hydrogens (tertiary/aromatic N) is 1. The van der Waals surface area contributed by atoms with Gasteiger partial charge in [-0.2, -0.15) is 0 Å². The van der Waals surface area contributed by atoms with Gasteiger partial charge in [0.1, 0.15) is 11.6 Å². The molecule has 5 unspecified atom stereocenters. The van der Waals surface area contributed by atoms with E-state index in [-0.39, 0.29) is 29.2 Å². The summed E-state index contributed by atoms with van der Waals surface area (Å²) in [5, 5.41) is 10.4. The van der Waals surface area contributed by atoms with Gasteiger partial charge in [0.25, 0.3) is 0 Å². The topological polar surface area (TPSA) is 118 Å². The highest BCUT2D eigenvalue weighted by molar-refractivity contribution is 6.74. The molecule has 0 aromatic heterocycles. The van der Waals surface area contributed by atoms with E-state index in [0.29, 0.717) is 43.6 Å². The van der Waals surface area contributed by atoms with E-state index in [4.69, 9.17) is 25.5 Å². The highest BCUT2D eigenvalue weighted by Gasteiger charge is 2.43. The van der Waals surface area contributed by atoms with Crippen LogP contribution in [0.2, 0.25) is 23.2 Å². The van der Waals surface area contributed by atoms with Crippen LogP contribution in [0.3, 0.4) is 0 Å². The number of ether oxygens (including phenoxy) is 2. The van der Waals surface area contributed by atoms with Gasteiger partial charge in [-0.15, -0.1) is 0 Å². The number of amides is 3. The van der Waals surface area contributed by atoms with Gasteiger partial charge in [0.15, 0.2) is 8.32 Å². The van der Waals surface area contributed by atoms with Gasteiger partial charge in [-0.1, -0.05) is 95.1 Å². The number of rotatable bonds is 19. The lowest BCUT2D eigenvalue weighted by atomic mass is 9.87. The van der Waals surface area contributed by atoms with Gasteiger partial charge < -0.3 is 34.8 Å². The van der Waals surface area contributed by atoms with Crippen LogP contribution in [0.5, 0.6) is 0 Å². The molecular formula is C44H71ClN4O6Si. The van der Waals surface area contributed by atoms with Crippen LogP contribution < -0.4 is 16.0 Å². The summed E-state index contributed by atoms with van der Waals surface area (Å²) in [5.74, 6) is -0.974. The molecule has 0 saturated carbocycles. The highest BCUT2D eigenvalue weighted by Crippen LogP contribution is 2.39. The molecule has 2 aromatic rings. The van der Waals surface area contributed by atoms with Crippen LogP contribution in [0.15, 0.2) is 54.6 Å². The van der Waals surface area contributed by atoms with E-state index in [2.05, 4.69) is 49.8 Å². The molecule has 1 aliphatic heterocycles. The molecule has 1 heterocycles. The van der Waals surface area contributed by atoms with Crippen molar-refractivity contribution in [3.05, 3.63) is 70.7 Å². The van der Waals surface area contributed by atoms with E-state index >= 15 is 0 Å². The van der Waals surface area contributed by atoms with Gasteiger partial charge in [-0.05, 0) is 100 Å². The second kappa shape index (κ2) is 21.7. The van der Waals surface area contributed by atoms with Gasteiger partial charge in [0, 0.05) is 43.7 Å². The molecule has 0 radical (unpaired) electrons. The molecule has 3 N–H and O–H groups in total. The predicted molar refractivity (Wildman–Crippen MR) is 230 cm³/mol. The Morgan fingerprint density at radius 3 is 2.14 bits per heavy atom. The van der Waals surface area contributed by atoms with Crippen LogP contribution in [0.4, 0.5) is 4.79 Å². The number of methoxy groups -OCH3 is 1. The maximum absolute atomic E-state index is 14.8. The van der Waals surface area contributed by atoms with Crippen molar-refractivity contribution < 1.29 is 28.3 Å². The Balaban J connectivity index is 2.03. The van der Waals surface area contributed by atoms with Crippen LogP contribution in [-0.4, -0.2) is 94.3 Å². The fourth-order valence-electron chi connectivity index (χ4n) is 6.78. The molecule has 1 fully saturated rings. The zero-order valence-corrected chi connectivity index (χ0v) is 37.8. The minimum atomic E-state index is -2.48. The van der Waals surface area contributed by atoms with Gasteiger partial charge in [-0.3, -0.25) is 9.59 Å². The number of benzene rings is 2. The molecule has 56 heavy (non-hydrogen) atoms. The fraction of sp³-hybridized carbons (Fsp3) is 0.659. The summed E-state index contributed by atoms with van der Waals surface area (Å²) in [6, 6.07) is 16.7. The molecule has 314 valence electrons. The summed E-state index contributed by atoms with van der Waals surface area (Å²) in [4.78, 5) is 44.5. The minimum absolute atomic E-state index is 0.0489. The van der Waals surface area contributed by atoms with Crippen molar-refractivity contribution in [2.45, 2.75) is 142 Å². The first-order valence-corrected chi connectivity index (χ1v) is 23.8. The minimum Gasteiger partial charge on any atom is -0.444 e. The monoisotopic (exact) mass is 814 g/mol. The Morgan fingerprint density at radius 2 is 1.57 bits per heavy atom. The van der Waals surface area contributed by atoms with Gasteiger partial charge in [-0.25, -0.2) is 4.79 Å². The van der Waals surface area contributed by atoms with Gasteiger partial charge in [0.2, 0.25) is 11.8 Å². The number of alkyl carbamates (subject to hydrolysis) is 1. The lowest BCUT2D eigenvalue weighted by Gasteiger charge is -2.42. The normalized spacial score (nSPS) is 17.0. The Morgan fingerprint density at radius 1 is 0.929 bits per heavy atom. The Labute approximate surface area is 343 Å². The van der Waals surface area contributed by atoms with Crippen molar-refractivity contribution >= 4 is 37.8 Å². The first-order valence-electron chi connectivity index (χ1n) is 20.5. The molecule has 1 saturated heterocycles. The summed E-state index contributed by atoms with van der Waals surface area (Å²) >= 11 is 6.48. The van der Waals surface area contributed by atoms with Crippen LogP contribution in [0.25, 0.3) is 0 Å². The fourth-order valence-corrected chi connectivity index (χ4v) is 8.37. The van der Waals surface area contributed by atoms with Crippen LogP contribution >= 0.6 is 11.6 Å². The van der Waals surface area contributed by atoms with Crippen LogP contribution in [-0.2, 0) is 36.3 Å². The van der Waals surface area contributed by atoms with E-state index in [1.165, 1.54) is 0 Å². The summed E-state index contributed by atoms with van der Waals surface area (Å²) in [5.41, 5.74) is 1.21. The Bertz CT molecular complexity index is 1520. The molecule has 10 nitrogen and oxygen atoms in total. The van der Waals surface area contributed by atoms with Gasteiger partial charge >= 0.3 is 6.09 Å². The average Bonchev–Trinajstić information content (AvgIpc) is 3.12. The standard InChI is InChI=1S/C44H71ClN4O6Si/c1-12-31(2)39(41(51)49-24-21-36(22-25-49)46-23-26-53-9)48-40(50)34(27-33-19-16-20-35(45)28-33)30-38(55-56(10,11)44(6,7)8)37(29-32-17-14-13-15-18-32)47-42(52)54-43(3,4)5/h13-20,28,31,34,36-39,46H,12,21-27,29-30H2,1-11H3,(H,47,52)(H,48,50).